The van der Waals surface area contributed by atoms with E-state index in [1.165, 1.54) is 40.4 Å². The van der Waals surface area contributed by atoms with Gasteiger partial charge in [-0.3, -0.25) is 24.5 Å². The van der Waals surface area contributed by atoms with Crippen LogP contribution in [-0.2, 0) is 13.6 Å². The number of nitro groups is 1. The number of aromatic amines is 1. The molecule has 2 heterocycles. The first-order chi connectivity index (χ1) is 14.8. The summed E-state index contributed by atoms with van der Waals surface area (Å²) >= 11 is 0. The molecule has 1 atom stereocenters. The van der Waals surface area contributed by atoms with Gasteiger partial charge in [-0.1, -0.05) is 0 Å². The van der Waals surface area contributed by atoms with Crippen molar-refractivity contribution in [1.82, 2.24) is 19.1 Å². The number of imidazole rings is 1. The van der Waals surface area contributed by atoms with Gasteiger partial charge in [0.1, 0.15) is 18.5 Å². The van der Waals surface area contributed by atoms with Crippen LogP contribution in [0.4, 0.5) is 11.6 Å². The number of fused-ring (bicyclic) bond motifs is 1. The lowest BCUT2D eigenvalue weighted by Gasteiger charge is -2.15. The van der Waals surface area contributed by atoms with Gasteiger partial charge in [-0.25, -0.2) is 4.79 Å². The number of rotatable bonds is 10. The van der Waals surface area contributed by atoms with Crippen molar-refractivity contribution in [2.45, 2.75) is 19.1 Å². The average Bonchev–Trinajstić information content (AvgIpc) is 3.10. The zero-order valence-corrected chi connectivity index (χ0v) is 16.6. The summed E-state index contributed by atoms with van der Waals surface area (Å²) in [5.41, 5.74) is -1.11. The van der Waals surface area contributed by atoms with Crippen molar-refractivity contribution in [1.29, 1.82) is 0 Å². The lowest BCUT2D eigenvalue weighted by Crippen LogP contribution is -2.31. The van der Waals surface area contributed by atoms with Crippen LogP contribution in [0.5, 0.6) is 5.75 Å². The third kappa shape index (κ3) is 4.90. The number of aliphatic hydroxyl groups excluding tert-OH is 2. The smallest absolute Gasteiger partial charge is 0.329 e. The Balaban J connectivity index is 1.82. The van der Waals surface area contributed by atoms with Crippen molar-refractivity contribution in [3.63, 3.8) is 0 Å². The molecule has 13 nitrogen and oxygen atoms in total. The highest BCUT2D eigenvalue weighted by molar-refractivity contribution is 5.74. The summed E-state index contributed by atoms with van der Waals surface area (Å²) in [6.07, 6.45) is -0.632. The van der Waals surface area contributed by atoms with Crippen LogP contribution in [0.1, 0.15) is 6.42 Å². The Kier molecular flexibility index (Phi) is 6.67. The van der Waals surface area contributed by atoms with E-state index >= 15 is 0 Å². The minimum Gasteiger partial charge on any atom is -0.491 e. The Bertz CT molecular complexity index is 1180. The molecule has 2 aromatic heterocycles. The quantitative estimate of drug-likeness (QED) is 0.187. The van der Waals surface area contributed by atoms with Gasteiger partial charge in [0, 0.05) is 32.3 Å². The van der Waals surface area contributed by atoms with Crippen molar-refractivity contribution in [3.8, 4) is 5.75 Å². The van der Waals surface area contributed by atoms with Crippen LogP contribution in [0.2, 0.25) is 0 Å². The second-order valence-electron chi connectivity index (χ2n) is 6.76. The number of hydrogen-bond acceptors (Lipinski definition) is 9. The molecular weight excluding hydrogens is 412 g/mol. The highest BCUT2D eigenvalue weighted by Gasteiger charge is 2.20. The van der Waals surface area contributed by atoms with Crippen LogP contribution in [0.15, 0.2) is 33.9 Å². The molecule has 13 heteroatoms. The van der Waals surface area contributed by atoms with E-state index in [4.69, 9.17) is 9.84 Å². The molecule has 4 N–H and O–H groups in total. The number of nitrogens with zero attached hydrogens (tertiary/aromatic N) is 4. The van der Waals surface area contributed by atoms with Gasteiger partial charge in [-0.15, -0.1) is 0 Å². The lowest BCUT2D eigenvalue weighted by molar-refractivity contribution is -0.384. The van der Waals surface area contributed by atoms with Crippen LogP contribution in [0.3, 0.4) is 0 Å². The van der Waals surface area contributed by atoms with Crippen molar-refractivity contribution < 1.29 is 19.9 Å². The summed E-state index contributed by atoms with van der Waals surface area (Å²) in [4.78, 5) is 41.0. The molecule has 1 aromatic carbocycles. The molecule has 0 saturated heterocycles. The maximum absolute atomic E-state index is 12.4. The van der Waals surface area contributed by atoms with Crippen molar-refractivity contribution in [3.05, 3.63) is 55.2 Å². The van der Waals surface area contributed by atoms with Crippen molar-refractivity contribution in [2.24, 2.45) is 7.05 Å². The van der Waals surface area contributed by atoms with Gasteiger partial charge in [-0.05, 0) is 18.6 Å². The minimum absolute atomic E-state index is 0.0437. The van der Waals surface area contributed by atoms with Gasteiger partial charge in [0.2, 0.25) is 5.95 Å². The Morgan fingerprint density at radius 1 is 1.32 bits per heavy atom. The number of aryl methyl sites for hydroxylation is 1. The molecule has 0 aliphatic heterocycles. The maximum Gasteiger partial charge on any atom is 0.329 e. The van der Waals surface area contributed by atoms with E-state index in [2.05, 4.69) is 15.3 Å². The first kappa shape index (κ1) is 22.0. The van der Waals surface area contributed by atoms with E-state index in [1.54, 1.807) is 0 Å². The first-order valence-corrected chi connectivity index (χ1v) is 9.41. The fourth-order valence-corrected chi connectivity index (χ4v) is 2.95. The molecular formula is C18H22N6O7. The van der Waals surface area contributed by atoms with Crippen LogP contribution in [0, 0.1) is 10.1 Å². The standard InChI is InChI=1S/C18H22N6O7/c1-22-15-14(16(27)21-18(22)28)23(17(20-15)19-7-2-8-25)9-12(26)10-31-13-5-3-11(4-6-13)24(29)30/h3-6,12,25-26H,2,7-10H2,1H3,(H,19,20)(H,21,27,28)/t12-/m0/s1. The number of anilines is 1. The second-order valence-corrected chi connectivity index (χ2v) is 6.76. The molecule has 0 bridgehead atoms. The maximum atomic E-state index is 12.4. The Morgan fingerprint density at radius 3 is 2.68 bits per heavy atom. The summed E-state index contributed by atoms with van der Waals surface area (Å²) in [5, 5.41) is 33.1. The van der Waals surface area contributed by atoms with Crippen LogP contribution >= 0.6 is 0 Å². The van der Waals surface area contributed by atoms with Gasteiger partial charge in [0.15, 0.2) is 11.2 Å². The van der Waals surface area contributed by atoms with E-state index in [0.29, 0.717) is 18.7 Å². The van der Waals surface area contributed by atoms with Crippen LogP contribution < -0.4 is 21.3 Å². The molecule has 0 fully saturated rings. The number of aliphatic hydroxyl groups is 2. The fourth-order valence-electron chi connectivity index (χ4n) is 2.95. The van der Waals surface area contributed by atoms with Gasteiger partial charge < -0.3 is 24.8 Å². The molecule has 3 rings (SSSR count). The summed E-state index contributed by atoms with van der Waals surface area (Å²) in [5.74, 6) is 0.589. The zero-order valence-electron chi connectivity index (χ0n) is 16.6. The van der Waals surface area contributed by atoms with Crippen molar-refractivity contribution >= 4 is 22.8 Å². The predicted molar refractivity (Wildman–Crippen MR) is 110 cm³/mol. The summed E-state index contributed by atoms with van der Waals surface area (Å²) in [6, 6.07) is 5.41. The fraction of sp³-hybridized carbons (Fsp3) is 0.389. The SMILES string of the molecule is Cn1c(=O)[nH]c(=O)c2c1nc(NCCCO)n2C[C@H](O)COc1ccc([N+](=O)[O-])cc1. The normalized spacial score (nSPS) is 12.1. The second kappa shape index (κ2) is 9.40. The molecule has 0 spiro atoms. The largest absolute Gasteiger partial charge is 0.491 e. The van der Waals surface area contributed by atoms with E-state index in [1.807, 2.05) is 0 Å². The first-order valence-electron chi connectivity index (χ1n) is 9.41. The molecule has 0 saturated carbocycles. The van der Waals surface area contributed by atoms with Crippen LogP contribution in [-0.4, -0.2) is 60.1 Å². The number of nitrogens with one attached hydrogen (secondary N) is 2. The molecule has 166 valence electrons. The number of H-pyrrole nitrogens is 1. The predicted octanol–water partition coefficient (Wildman–Crippen LogP) is -0.434. The Hall–Kier alpha value is -3.71. The Morgan fingerprint density at radius 2 is 2.03 bits per heavy atom. The van der Waals surface area contributed by atoms with Gasteiger partial charge >= 0.3 is 5.69 Å². The number of aromatic nitrogens is 4. The average molecular weight is 434 g/mol. The van der Waals surface area contributed by atoms with Crippen molar-refractivity contribution in [2.75, 3.05) is 25.1 Å². The molecule has 0 amide bonds. The van der Waals surface area contributed by atoms with E-state index in [-0.39, 0.29) is 42.6 Å². The summed E-state index contributed by atoms with van der Waals surface area (Å²) in [6.45, 7) is 0.0858. The van der Waals surface area contributed by atoms with E-state index in [0.717, 1.165) is 0 Å². The molecule has 0 aliphatic rings. The highest BCUT2D eigenvalue weighted by Crippen LogP contribution is 2.19. The topological polar surface area (TPSA) is 178 Å². The zero-order chi connectivity index (χ0) is 22.5. The Labute approximate surface area is 174 Å². The third-order valence-corrected chi connectivity index (χ3v) is 4.51. The number of benzene rings is 1. The van der Waals surface area contributed by atoms with Gasteiger partial charge in [-0.2, -0.15) is 4.98 Å². The van der Waals surface area contributed by atoms with E-state index in [9.17, 15) is 24.8 Å². The van der Waals surface area contributed by atoms with Crippen LogP contribution in [0.25, 0.3) is 11.2 Å². The summed E-state index contributed by atoms with van der Waals surface area (Å²) in [7, 11) is 1.46. The number of nitro benzene ring substituents is 1. The molecule has 31 heavy (non-hydrogen) atoms. The minimum atomic E-state index is -1.07. The summed E-state index contributed by atoms with van der Waals surface area (Å²) < 4.78 is 8.10. The monoisotopic (exact) mass is 434 g/mol. The highest BCUT2D eigenvalue weighted by atomic mass is 16.6. The number of ether oxygens (including phenoxy) is 1. The molecule has 0 radical (unpaired) electrons. The molecule has 3 aromatic rings. The number of non-ortho nitro benzene ring substituents is 1. The number of hydrogen-bond donors (Lipinski definition) is 4. The third-order valence-electron chi connectivity index (χ3n) is 4.51. The molecule has 0 unspecified atom stereocenters. The van der Waals surface area contributed by atoms with E-state index < -0.39 is 22.3 Å². The van der Waals surface area contributed by atoms with Gasteiger partial charge in [0.05, 0.1) is 11.5 Å². The van der Waals surface area contributed by atoms with Gasteiger partial charge in [0.25, 0.3) is 11.2 Å². The molecule has 0 aliphatic carbocycles. The lowest BCUT2D eigenvalue weighted by atomic mass is 10.3.